The van der Waals surface area contributed by atoms with E-state index in [4.69, 9.17) is 26.4 Å². The quantitative estimate of drug-likeness (QED) is 0.590. The van der Waals surface area contributed by atoms with Gasteiger partial charge in [-0.3, -0.25) is 0 Å². The van der Waals surface area contributed by atoms with Crippen molar-refractivity contribution in [3.05, 3.63) is 71.8 Å². The van der Waals surface area contributed by atoms with E-state index < -0.39 is 0 Å². The van der Waals surface area contributed by atoms with E-state index in [9.17, 15) is 4.39 Å². The summed E-state index contributed by atoms with van der Waals surface area (Å²) in [6.07, 6.45) is 2.06. The van der Waals surface area contributed by atoms with Crippen LogP contribution in [0, 0.1) is 5.82 Å². The van der Waals surface area contributed by atoms with Gasteiger partial charge in [0.05, 0.1) is 27.4 Å². The fourth-order valence-electron chi connectivity index (χ4n) is 3.94. The SMILES string of the molecule is COc1cc([C@H]2c3cccn3CCN2C(=S)Nc2ccc(F)cc2)cc(OC)c1OC. The normalized spacial score (nSPS) is 15.2. The van der Waals surface area contributed by atoms with Crippen LogP contribution < -0.4 is 19.5 Å². The number of methoxy groups -OCH3 is 3. The number of rotatable bonds is 5. The molecule has 0 bridgehead atoms. The Morgan fingerprint density at radius 1 is 1.00 bits per heavy atom. The molecule has 1 atom stereocenters. The highest BCUT2D eigenvalue weighted by atomic mass is 32.1. The molecule has 0 unspecified atom stereocenters. The molecule has 2 heterocycles. The van der Waals surface area contributed by atoms with Crippen LogP contribution in [-0.4, -0.2) is 42.5 Å². The van der Waals surface area contributed by atoms with Gasteiger partial charge >= 0.3 is 0 Å². The smallest absolute Gasteiger partial charge is 0.203 e. The number of halogens is 1. The highest BCUT2D eigenvalue weighted by Crippen LogP contribution is 2.43. The molecule has 0 fully saturated rings. The molecule has 1 aliphatic heterocycles. The van der Waals surface area contributed by atoms with Gasteiger partial charge in [-0.1, -0.05) is 0 Å². The summed E-state index contributed by atoms with van der Waals surface area (Å²) < 4.78 is 32.1. The van der Waals surface area contributed by atoms with Gasteiger partial charge in [-0.25, -0.2) is 4.39 Å². The summed E-state index contributed by atoms with van der Waals surface area (Å²) in [7, 11) is 4.78. The molecule has 31 heavy (non-hydrogen) atoms. The Kier molecular flexibility index (Phi) is 5.99. The molecule has 2 aromatic carbocycles. The lowest BCUT2D eigenvalue weighted by atomic mass is 9.99. The topological polar surface area (TPSA) is 47.9 Å². The van der Waals surface area contributed by atoms with Gasteiger partial charge in [0.1, 0.15) is 5.82 Å². The number of hydrogen-bond donors (Lipinski definition) is 1. The molecule has 1 N–H and O–H groups in total. The lowest BCUT2D eigenvalue weighted by molar-refractivity contribution is 0.288. The maximum atomic E-state index is 13.3. The van der Waals surface area contributed by atoms with Crippen molar-refractivity contribution in [2.45, 2.75) is 12.6 Å². The zero-order valence-corrected chi connectivity index (χ0v) is 18.4. The summed E-state index contributed by atoms with van der Waals surface area (Å²) in [4.78, 5) is 2.12. The van der Waals surface area contributed by atoms with Crippen molar-refractivity contribution in [1.82, 2.24) is 9.47 Å². The molecule has 8 heteroatoms. The van der Waals surface area contributed by atoms with Crippen molar-refractivity contribution in [3.63, 3.8) is 0 Å². The number of aromatic nitrogens is 1. The van der Waals surface area contributed by atoms with E-state index in [0.717, 1.165) is 23.5 Å². The summed E-state index contributed by atoms with van der Waals surface area (Å²) >= 11 is 5.76. The van der Waals surface area contributed by atoms with E-state index in [2.05, 4.69) is 27.0 Å². The minimum atomic E-state index is -0.289. The molecule has 0 spiro atoms. The molecule has 1 aliphatic rings. The third-order valence-corrected chi connectivity index (χ3v) is 5.73. The van der Waals surface area contributed by atoms with Crippen LogP contribution in [0.15, 0.2) is 54.7 Å². The first-order valence-electron chi connectivity index (χ1n) is 9.84. The molecule has 162 valence electrons. The van der Waals surface area contributed by atoms with Crippen molar-refractivity contribution < 1.29 is 18.6 Å². The van der Waals surface area contributed by atoms with E-state index in [1.165, 1.54) is 12.1 Å². The average molecular weight is 442 g/mol. The van der Waals surface area contributed by atoms with E-state index >= 15 is 0 Å². The summed E-state index contributed by atoms with van der Waals surface area (Å²) in [5.74, 6) is 1.41. The molecule has 0 radical (unpaired) electrons. The van der Waals surface area contributed by atoms with Gasteiger partial charge in [-0.15, -0.1) is 0 Å². The summed E-state index contributed by atoms with van der Waals surface area (Å²) in [5.41, 5.74) is 2.79. The summed E-state index contributed by atoms with van der Waals surface area (Å²) in [5, 5.41) is 3.79. The van der Waals surface area contributed by atoms with Crippen LogP contribution in [0.4, 0.5) is 10.1 Å². The zero-order valence-electron chi connectivity index (χ0n) is 17.6. The highest BCUT2D eigenvalue weighted by molar-refractivity contribution is 7.80. The minimum absolute atomic E-state index is 0.169. The Bertz CT molecular complexity index is 1060. The molecule has 1 aromatic heterocycles. The number of ether oxygens (including phenoxy) is 3. The maximum Gasteiger partial charge on any atom is 0.203 e. The first-order chi connectivity index (χ1) is 15.0. The number of nitrogens with one attached hydrogen (secondary N) is 1. The number of benzene rings is 2. The van der Waals surface area contributed by atoms with Gasteiger partial charge in [-0.05, 0) is 66.3 Å². The summed E-state index contributed by atoms with van der Waals surface area (Å²) in [6, 6.07) is 14.0. The number of anilines is 1. The molecular weight excluding hydrogens is 417 g/mol. The molecule has 0 saturated carbocycles. The van der Waals surface area contributed by atoms with Crippen LogP contribution in [-0.2, 0) is 6.54 Å². The van der Waals surface area contributed by atoms with E-state index in [0.29, 0.717) is 28.9 Å². The molecule has 6 nitrogen and oxygen atoms in total. The second-order valence-corrected chi connectivity index (χ2v) is 7.50. The fraction of sp³-hybridized carbons (Fsp3) is 0.261. The molecule has 3 aromatic rings. The largest absolute Gasteiger partial charge is 0.493 e. The number of nitrogens with zero attached hydrogens (tertiary/aromatic N) is 2. The van der Waals surface area contributed by atoms with Gasteiger partial charge in [0, 0.05) is 30.7 Å². The van der Waals surface area contributed by atoms with Crippen molar-refractivity contribution in [2.24, 2.45) is 0 Å². The van der Waals surface area contributed by atoms with Crippen molar-refractivity contribution >= 4 is 23.0 Å². The van der Waals surface area contributed by atoms with Gasteiger partial charge in [-0.2, -0.15) is 0 Å². The third-order valence-electron chi connectivity index (χ3n) is 5.40. The Hall–Kier alpha value is -3.26. The van der Waals surface area contributed by atoms with Crippen molar-refractivity contribution in [2.75, 3.05) is 33.2 Å². The van der Waals surface area contributed by atoms with Gasteiger partial charge in [0.15, 0.2) is 16.6 Å². The predicted octanol–water partition coefficient (Wildman–Crippen LogP) is 4.46. The van der Waals surface area contributed by atoms with Crippen LogP contribution in [0.2, 0.25) is 0 Å². The molecule has 4 rings (SSSR count). The minimum Gasteiger partial charge on any atom is -0.493 e. The third kappa shape index (κ3) is 4.03. The highest BCUT2D eigenvalue weighted by Gasteiger charge is 2.32. The Balaban J connectivity index is 1.75. The monoisotopic (exact) mass is 441 g/mol. The van der Waals surface area contributed by atoms with Gasteiger partial charge in [0.2, 0.25) is 5.75 Å². The lowest BCUT2D eigenvalue weighted by Crippen LogP contribution is -2.44. The predicted molar refractivity (Wildman–Crippen MR) is 122 cm³/mol. The number of fused-ring (bicyclic) bond motifs is 1. The van der Waals surface area contributed by atoms with Crippen LogP contribution in [0.3, 0.4) is 0 Å². The van der Waals surface area contributed by atoms with Crippen molar-refractivity contribution in [1.29, 1.82) is 0 Å². The average Bonchev–Trinajstić information content (AvgIpc) is 3.27. The lowest BCUT2D eigenvalue weighted by Gasteiger charge is -2.39. The molecule has 0 saturated heterocycles. The van der Waals surface area contributed by atoms with Gasteiger partial charge < -0.3 is 29.0 Å². The summed E-state index contributed by atoms with van der Waals surface area (Å²) in [6.45, 7) is 1.50. The maximum absolute atomic E-state index is 13.3. The molecule has 0 aliphatic carbocycles. The first kappa shape index (κ1) is 21.0. The van der Waals surface area contributed by atoms with E-state index in [-0.39, 0.29) is 11.9 Å². The second-order valence-electron chi connectivity index (χ2n) is 7.12. The Morgan fingerprint density at radius 3 is 2.29 bits per heavy atom. The van der Waals surface area contributed by atoms with E-state index in [1.807, 2.05) is 18.2 Å². The Morgan fingerprint density at radius 2 is 1.68 bits per heavy atom. The number of hydrogen-bond acceptors (Lipinski definition) is 4. The van der Waals surface area contributed by atoms with E-state index in [1.54, 1.807) is 33.5 Å². The molecular formula is C23H24FN3O3S. The van der Waals surface area contributed by atoms with Crippen LogP contribution >= 0.6 is 12.2 Å². The zero-order chi connectivity index (χ0) is 22.0. The Labute approximate surface area is 186 Å². The van der Waals surface area contributed by atoms with Crippen LogP contribution in [0.1, 0.15) is 17.3 Å². The second kappa shape index (κ2) is 8.85. The first-order valence-corrected chi connectivity index (χ1v) is 10.2. The van der Waals surface area contributed by atoms with Crippen LogP contribution in [0.5, 0.6) is 17.2 Å². The standard InChI is InChI=1S/C23H24FN3O3S/c1-28-19-13-15(14-20(29-2)22(19)30-3)21-18-5-4-10-26(18)11-12-27(21)23(31)25-17-8-6-16(24)7-9-17/h4-10,13-14,21H,11-12H2,1-3H3,(H,25,31)/t21-/m0/s1. The number of thiocarbonyl (C=S) groups is 1. The fourth-order valence-corrected chi connectivity index (χ4v) is 4.26. The van der Waals surface area contributed by atoms with Crippen LogP contribution in [0.25, 0.3) is 0 Å². The van der Waals surface area contributed by atoms with Crippen molar-refractivity contribution in [3.8, 4) is 17.2 Å². The van der Waals surface area contributed by atoms with Gasteiger partial charge in [0.25, 0.3) is 0 Å². The molecule has 0 amide bonds.